The highest BCUT2D eigenvalue weighted by atomic mass is 35.5. The predicted octanol–water partition coefficient (Wildman–Crippen LogP) is 4.61. The van der Waals surface area contributed by atoms with Crippen molar-refractivity contribution < 1.29 is 5.11 Å². The Morgan fingerprint density at radius 3 is 2.28 bits per heavy atom. The first-order valence-electron chi connectivity index (χ1n) is 5.79. The van der Waals surface area contributed by atoms with Crippen molar-refractivity contribution in [3.8, 4) is 5.75 Å². The zero-order valence-corrected chi connectivity index (χ0v) is 11.3. The third-order valence-corrected chi connectivity index (χ3v) is 3.67. The third-order valence-electron chi connectivity index (χ3n) is 2.95. The van der Waals surface area contributed by atoms with Crippen molar-refractivity contribution in [2.45, 2.75) is 12.3 Å². The molecule has 18 heavy (non-hydrogen) atoms. The molecule has 0 fully saturated rings. The zero-order chi connectivity index (χ0) is 13.0. The van der Waals surface area contributed by atoms with Gasteiger partial charge in [0.2, 0.25) is 0 Å². The van der Waals surface area contributed by atoms with Crippen molar-refractivity contribution in [1.29, 1.82) is 0 Å². The van der Waals surface area contributed by atoms with Crippen LogP contribution in [0.4, 0.5) is 0 Å². The van der Waals surface area contributed by atoms with Crippen molar-refractivity contribution in [3.63, 3.8) is 0 Å². The molecule has 0 aliphatic carbocycles. The van der Waals surface area contributed by atoms with Gasteiger partial charge in [0, 0.05) is 16.8 Å². The summed E-state index contributed by atoms with van der Waals surface area (Å²) >= 11 is 12.2. The number of halogens is 2. The van der Waals surface area contributed by atoms with E-state index in [-0.39, 0.29) is 11.7 Å². The van der Waals surface area contributed by atoms with E-state index in [1.807, 2.05) is 36.4 Å². The molecule has 2 aromatic carbocycles. The van der Waals surface area contributed by atoms with Gasteiger partial charge < -0.3 is 5.11 Å². The molecule has 1 atom stereocenters. The molecule has 1 unspecified atom stereocenters. The minimum Gasteiger partial charge on any atom is -0.508 e. The second kappa shape index (κ2) is 6.12. The summed E-state index contributed by atoms with van der Waals surface area (Å²) in [5.74, 6) is 0.980. The second-order valence-electron chi connectivity index (χ2n) is 4.24. The Balaban J connectivity index is 2.20. The molecule has 0 saturated carbocycles. The molecule has 0 aliphatic rings. The quantitative estimate of drug-likeness (QED) is 0.811. The maximum Gasteiger partial charge on any atom is 0.115 e. The highest BCUT2D eigenvalue weighted by Gasteiger charge is 2.14. The maximum absolute atomic E-state index is 9.26. The molecule has 1 nitrogen and oxygen atoms in total. The van der Waals surface area contributed by atoms with Crippen LogP contribution in [-0.4, -0.2) is 11.0 Å². The number of phenolic OH excluding ortho intramolecular Hbond substituents is 1. The standard InChI is InChI=1S/C15H14Cl2O/c16-10-12(14-3-1-2-4-15(14)17)9-11-5-7-13(18)8-6-11/h1-8,12,18H,9-10H2. The Hall–Kier alpha value is -1.18. The Morgan fingerprint density at radius 2 is 1.67 bits per heavy atom. The summed E-state index contributed by atoms with van der Waals surface area (Å²) in [6.07, 6.45) is 0.813. The first-order chi connectivity index (χ1) is 8.70. The normalized spacial score (nSPS) is 12.3. The second-order valence-corrected chi connectivity index (χ2v) is 4.96. The van der Waals surface area contributed by atoms with Gasteiger partial charge in [-0.2, -0.15) is 0 Å². The fraction of sp³-hybridized carbons (Fsp3) is 0.200. The van der Waals surface area contributed by atoms with Gasteiger partial charge >= 0.3 is 0 Å². The molecule has 1 N–H and O–H groups in total. The van der Waals surface area contributed by atoms with Gasteiger partial charge in [0.05, 0.1) is 0 Å². The fourth-order valence-electron chi connectivity index (χ4n) is 1.97. The van der Waals surface area contributed by atoms with Crippen LogP contribution in [0.1, 0.15) is 17.0 Å². The monoisotopic (exact) mass is 280 g/mol. The topological polar surface area (TPSA) is 20.2 Å². The number of alkyl halides is 1. The van der Waals surface area contributed by atoms with Crippen molar-refractivity contribution in [3.05, 3.63) is 64.7 Å². The first-order valence-corrected chi connectivity index (χ1v) is 6.70. The lowest BCUT2D eigenvalue weighted by atomic mass is 9.93. The van der Waals surface area contributed by atoms with E-state index in [0.29, 0.717) is 5.88 Å². The number of aromatic hydroxyl groups is 1. The number of rotatable bonds is 4. The van der Waals surface area contributed by atoms with E-state index in [9.17, 15) is 5.11 Å². The van der Waals surface area contributed by atoms with Gasteiger partial charge in [-0.15, -0.1) is 11.6 Å². The van der Waals surface area contributed by atoms with Gasteiger partial charge in [0.15, 0.2) is 0 Å². The molecule has 2 rings (SSSR count). The molecule has 0 radical (unpaired) electrons. The van der Waals surface area contributed by atoms with Gasteiger partial charge in [-0.1, -0.05) is 41.9 Å². The molecular formula is C15H14Cl2O. The summed E-state index contributed by atoms with van der Waals surface area (Å²) in [6.45, 7) is 0. The van der Waals surface area contributed by atoms with E-state index in [2.05, 4.69) is 0 Å². The van der Waals surface area contributed by atoms with Crippen LogP contribution >= 0.6 is 23.2 Å². The number of hydrogen-bond donors (Lipinski definition) is 1. The van der Waals surface area contributed by atoms with E-state index < -0.39 is 0 Å². The van der Waals surface area contributed by atoms with Gasteiger partial charge in [-0.3, -0.25) is 0 Å². The Bertz CT molecular complexity index is 508. The van der Waals surface area contributed by atoms with Gasteiger partial charge in [0.25, 0.3) is 0 Å². The average molecular weight is 281 g/mol. The highest BCUT2D eigenvalue weighted by Crippen LogP contribution is 2.28. The Morgan fingerprint density at radius 1 is 1.00 bits per heavy atom. The molecule has 0 heterocycles. The van der Waals surface area contributed by atoms with E-state index in [1.54, 1.807) is 12.1 Å². The van der Waals surface area contributed by atoms with E-state index in [1.165, 1.54) is 0 Å². The molecule has 0 aromatic heterocycles. The molecule has 0 bridgehead atoms. The number of phenols is 1. The minimum atomic E-state index is 0.185. The fourth-order valence-corrected chi connectivity index (χ4v) is 2.54. The van der Waals surface area contributed by atoms with Crippen LogP contribution in [0.5, 0.6) is 5.75 Å². The number of benzene rings is 2. The molecule has 0 amide bonds. The van der Waals surface area contributed by atoms with E-state index in [4.69, 9.17) is 23.2 Å². The molecule has 0 spiro atoms. The van der Waals surface area contributed by atoms with E-state index in [0.717, 1.165) is 22.6 Å². The summed E-state index contributed by atoms with van der Waals surface area (Å²) in [5.41, 5.74) is 2.21. The molecule has 0 aliphatic heterocycles. The van der Waals surface area contributed by atoms with Crippen LogP contribution in [0.25, 0.3) is 0 Å². The highest BCUT2D eigenvalue weighted by molar-refractivity contribution is 6.31. The van der Waals surface area contributed by atoms with Crippen molar-refractivity contribution >= 4 is 23.2 Å². The summed E-state index contributed by atoms with van der Waals surface area (Å²) in [7, 11) is 0. The SMILES string of the molecule is Oc1ccc(CC(CCl)c2ccccc2Cl)cc1. The average Bonchev–Trinajstić information content (AvgIpc) is 2.39. The summed E-state index contributed by atoms with van der Waals surface area (Å²) in [6, 6.07) is 15.0. The van der Waals surface area contributed by atoms with Crippen molar-refractivity contribution in [2.75, 3.05) is 5.88 Å². The lowest BCUT2D eigenvalue weighted by Crippen LogP contribution is -2.05. The van der Waals surface area contributed by atoms with Crippen LogP contribution in [0.3, 0.4) is 0 Å². The summed E-state index contributed by atoms with van der Waals surface area (Å²) in [5, 5.41) is 10.0. The van der Waals surface area contributed by atoms with Crippen LogP contribution < -0.4 is 0 Å². The van der Waals surface area contributed by atoms with Crippen LogP contribution in [0, 0.1) is 0 Å². The lowest BCUT2D eigenvalue weighted by molar-refractivity contribution is 0.475. The van der Waals surface area contributed by atoms with Crippen LogP contribution in [-0.2, 0) is 6.42 Å². The molecule has 3 heteroatoms. The molecule has 0 saturated heterocycles. The van der Waals surface area contributed by atoms with Crippen molar-refractivity contribution in [2.24, 2.45) is 0 Å². The Labute approximate surface area is 117 Å². The van der Waals surface area contributed by atoms with Gasteiger partial charge in [-0.05, 0) is 35.7 Å². The summed E-state index contributed by atoms with van der Waals surface area (Å²) in [4.78, 5) is 0. The first kappa shape index (κ1) is 13.3. The molecular weight excluding hydrogens is 267 g/mol. The smallest absolute Gasteiger partial charge is 0.115 e. The largest absolute Gasteiger partial charge is 0.508 e. The minimum absolute atomic E-state index is 0.185. The van der Waals surface area contributed by atoms with Crippen molar-refractivity contribution in [1.82, 2.24) is 0 Å². The van der Waals surface area contributed by atoms with E-state index >= 15 is 0 Å². The maximum atomic E-state index is 9.26. The van der Waals surface area contributed by atoms with Gasteiger partial charge in [-0.25, -0.2) is 0 Å². The zero-order valence-electron chi connectivity index (χ0n) is 9.81. The van der Waals surface area contributed by atoms with Crippen LogP contribution in [0.2, 0.25) is 5.02 Å². The Kier molecular flexibility index (Phi) is 4.51. The number of hydrogen-bond acceptors (Lipinski definition) is 1. The molecule has 94 valence electrons. The molecule has 2 aromatic rings. The lowest BCUT2D eigenvalue weighted by Gasteiger charge is -2.16. The van der Waals surface area contributed by atoms with Crippen LogP contribution in [0.15, 0.2) is 48.5 Å². The predicted molar refractivity (Wildman–Crippen MR) is 76.7 cm³/mol. The summed E-state index contributed by atoms with van der Waals surface area (Å²) < 4.78 is 0. The van der Waals surface area contributed by atoms with Gasteiger partial charge in [0.1, 0.15) is 5.75 Å². The third kappa shape index (κ3) is 3.18.